The lowest BCUT2D eigenvalue weighted by atomic mass is 10.1. The van der Waals surface area contributed by atoms with Crippen LogP contribution >= 0.6 is 23.4 Å². The third-order valence-corrected chi connectivity index (χ3v) is 3.54. The van der Waals surface area contributed by atoms with E-state index in [1.54, 1.807) is 25.4 Å². The molecule has 0 bridgehead atoms. The summed E-state index contributed by atoms with van der Waals surface area (Å²) in [6.07, 6.45) is 2.96. The van der Waals surface area contributed by atoms with Gasteiger partial charge in [0, 0.05) is 17.3 Å². The number of halogens is 1. The molecule has 0 aliphatic rings. The van der Waals surface area contributed by atoms with E-state index in [2.05, 4.69) is 9.97 Å². The summed E-state index contributed by atoms with van der Waals surface area (Å²) in [5.74, 6) is 0. The molecule has 2 N–H and O–H groups in total. The Balaban J connectivity index is 2.23. The number of hydrogen-bond acceptors (Lipinski definition) is 3. The van der Waals surface area contributed by atoms with Gasteiger partial charge >= 0.3 is 0 Å². The Morgan fingerprint density at radius 2 is 2.31 bits per heavy atom. The van der Waals surface area contributed by atoms with Crippen molar-refractivity contribution in [2.75, 3.05) is 0 Å². The summed E-state index contributed by atoms with van der Waals surface area (Å²) in [5.41, 5.74) is 0.814. The highest BCUT2D eigenvalue weighted by Gasteiger charge is 2.07. The van der Waals surface area contributed by atoms with E-state index >= 15 is 0 Å². The highest BCUT2D eigenvalue weighted by atomic mass is 35.5. The van der Waals surface area contributed by atoms with Gasteiger partial charge in [-0.05, 0) is 24.6 Å². The molecule has 1 aromatic carbocycles. The second-order valence-corrected chi connectivity index (χ2v) is 4.80. The average molecular weight is 255 g/mol. The summed E-state index contributed by atoms with van der Waals surface area (Å²) in [7, 11) is 0. The third-order valence-electron chi connectivity index (χ3n) is 2.12. The fourth-order valence-electron chi connectivity index (χ4n) is 1.27. The number of aliphatic hydroxyl groups is 1. The zero-order valence-electron chi connectivity index (χ0n) is 8.64. The van der Waals surface area contributed by atoms with Crippen molar-refractivity contribution in [1.82, 2.24) is 9.97 Å². The van der Waals surface area contributed by atoms with E-state index in [9.17, 15) is 5.11 Å². The van der Waals surface area contributed by atoms with Gasteiger partial charge in [0.2, 0.25) is 0 Å². The van der Waals surface area contributed by atoms with Crippen LogP contribution in [0, 0.1) is 0 Å². The molecule has 1 aromatic heterocycles. The molecule has 0 fully saturated rings. The van der Waals surface area contributed by atoms with Crippen molar-refractivity contribution in [3.05, 3.63) is 41.2 Å². The van der Waals surface area contributed by atoms with Gasteiger partial charge in [0.15, 0.2) is 5.16 Å². The Bertz CT molecular complexity index is 471. The number of aliphatic hydroxyl groups excluding tert-OH is 1. The fraction of sp³-hybridized carbons (Fsp3) is 0.182. The van der Waals surface area contributed by atoms with Crippen LogP contribution in [-0.2, 0) is 0 Å². The molecule has 2 rings (SSSR count). The topological polar surface area (TPSA) is 48.9 Å². The van der Waals surface area contributed by atoms with Gasteiger partial charge in [0.05, 0.1) is 11.1 Å². The van der Waals surface area contributed by atoms with Gasteiger partial charge in [-0.15, -0.1) is 0 Å². The van der Waals surface area contributed by atoms with Gasteiger partial charge in [0.25, 0.3) is 0 Å². The maximum Gasteiger partial charge on any atom is 0.170 e. The van der Waals surface area contributed by atoms with Crippen LogP contribution in [0.1, 0.15) is 18.6 Å². The quantitative estimate of drug-likeness (QED) is 0.884. The molecule has 0 unspecified atom stereocenters. The highest BCUT2D eigenvalue weighted by molar-refractivity contribution is 7.99. The Morgan fingerprint density at radius 1 is 1.50 bits per heavy atom. The van der Waals surface area contributed by atoms with E-state index in [-0.39, 0.29) is 0 Å². The smallest absolute Gasteiger partial charge is 0.170 e. The van der Waals surface area contributed by atoms with Crippen LogP contribution in [0.4, 0.5) is 0 Å². The molecule has 0 saturated heterocycles. The van der Waals surface area contributed by atoms with Crippen LogP contribution in [0.5, 0.6) is 0 Å². The summed E-state index contributed by atoms with van der Waals surface area (Å²) in [6, 6.07) is 5.52. The van der Waals surface area contributed by atoms with Gasteiger partial charge in [-0.2, -0.15) is 0 Å². The summed E-state index contributed by atoms with van der Waals surface area (Å²) in [6.45, 7) is 1.71. The molecule has 0 amide bonds. The lowest BCUT2D eigenvalue weighted by Crippen LogP contribution is -1.90. The lowest BCUT2D eigenvalue weighted by Gasteiger charge is -2.07. The van der Waals surface area contributed by atoms with E-state index in [0.29, 0.717) is 5.02 Å². The van der Waals surface area contributed by atoms with Gasteiger partial charge in [-0.1, -0.05) is 29.4 Å². The van der Waals surface area contributed by atoms with Crippen molar-refractivity contribution in [1.29, 1.82) is 0 Å². The second kappa shape index (κ2) is 4.91. The largest absolute Gasteiger partial charge is 0.389 e. The Hall–Kier alpha value is -0.970. The van der Waals surface area contributed by atoms with Crippen molar-refractivity contribution in [3.63, 3.8) is 0 Å². The number of nitrogens with zero attached hydrogens (tertiary/aromatic N) is 1. The third kappa shape index (κ3) is 2.58. The van der Waals surface area contributed by atoms with E-state index in [0.717, 1.165) is 15.6 Å². The zero-order valence-corrected chi connectivity index (χ0v) is 10.2. The Morgan fingerprint density at radius 3 is 2.88 bits per heavy atom. The molecule has 3 nitrogen and oxygen atoms in total. The first-order valence-corrected chi connectivity index (χ1v) is 6.01. The van der Waals surface area contributed by atoms with Crippen LogP contribution in [0.15, 0.2) is 40.6 Å². The Labute approximate surface area is 103 Å². The molecular weight excluding hydrogens is 244 g/mol. The van der Waals surface area contributed by atoms with Crippen LogP contribution in [0.3, 0.4) is 0 Å². The monoisotopic (exact) mass is 254 g/mol. The maximum atomic E-state index is 9.41. The molecule has 0 aliphatic heterocycles. The summed E-state index contributed by atoms with van der Waals surface area (Å²) in [5, 5.41) is 10.8. The first kappa shape index (κ1) is 11.5. The predicted octanol–water partition coefficient (Wildman–Crippen LogP) is 3.27. The van der Waals surface area contributed by atoms with Crippen molar-refractivity contribution in [2.45, 2.75) is 23.1 Å². The number of aromatic nitrogens is 2. The number of aromatic amines is 1. The molecule has 2 aromatic rings. The minimum Gasteiger partial charge on any atom is -0.389 e. The molecule has 5 heteroatoms. The lowest BCUT2D eigenvalue weighted by molar-refractivity contribution is 0.199. The zero-order chi connectivity index (χ0) is 11.5. The Kier molecular flexibility index (Phi) is 3.53. The molecule has 1 heterocycles. The first-order chi connectivity index (χ1) is 7.66. The minimum atomic E-state index is -0.500. The average Bonchev–Trinajstić information content (AvgIpc) is 2.73. The second-order valence-electron chi connectivity index (χ2n) is 3.36. The van der Waals surface area contributed by atoms with Gasteiger partial charge in [-0.3, -0.25) is 0 Å². The van der Waals surface area contributed by atoms with Gasteiger partial charge in [0.1, 0.15) is 0 Å². The highest BCUT2D eigenvalue weighted by Crippen LogP contribution is 2.32. The van der Waals surface area contributed by atoms with Crippen molar-refractivity contribution >= 4 is 23.4 Å². The predicted molar refractivity (Wildman–Crippen MR) is 64.8 cm³/mol. The number of benzene rings is 1. The number of imidazole rings is 1. The number of H-pyrrole nitrogens is 1. The van der Waals surface area contributed by atoms with Crippen molar-refractivity contribution < 1.29 is 5.11 Å². The van der Waals surface area contributed by atoms with E-state index < -0.39 is 6.10 Å². The van der Waals surface area contributed by atoms with Crippen LogP contribution < -0.4 is 0 Å². The fourth-order valence-corrected chi connectivity index (χ4v) is 2.32. The first-order valence-electron chi connectivity index (χ1n) is 4.81. The SMILES string of the molecule is C[C@H](O)c1ccc(Sc2ncc[nH]2)c(Cl)c1. The summed E-state index contributed by atoms with van der Waals surface area (Å²) in [4.78, 5) is 8.02. The normalized spacial score (nSPS) is 12.7. The summed E-state index contributed by atoms with van der Waals surface area (Å²) < 4.78 is 0. The van der Waals surface area contributed by atoms with Gasteiger partial charge in [-0.25, -0.2) is 4.98 Å². The van der Waals surface area contributed by atoms with Crippen molar-refractivity contribution in [2.24, 2.45) is 0 Å². The van der Waals surface area contributed by atoms with Crippen LogP contribution in [0.25, 0.3) is 0 Å². The van der Waals surface area contributed by atoms with E-state index in [1.807, 2.05) is 12.1 Å². The molecule has 0 radical (unpaired) electrons. The number of hydrogen-bond donors (Lipinski definition) is 2. The standard InChI is InChI=1S/C11H11ClN2OS/c1-7(15)8-2-3-10(9(12)6-8)16-11-13-4-5-14-11/h2-7,15H,1H3,(H,13,14)/t7-/m0/s1. The van der Waals surface area contributed by atoms with Crippen molar-refractivity contribution in [3.8, 4) is 0 Å². The molecule has 1 atom stereocenters. The molecule has 16 heavy (non-hydrogen) atoms. The molecule has 0 spiro atoms. The minimum absolute atomic E-state index is 0.500. The summed E-state index contributed by atoms with van der Waals surface area (Å²) >= 11 is 7.58. The van der Waals surface area contributed by atoms with Crippen LogP contribution in [0.2, 0.25) is 5.02 Å². The molecule has 0 aliphatic carbocycles. The number of nitrogens with one attached hydrogen (secondary N) is 1. The maximum absolute atomic E-state index is 9.41. The van der Waals surface area contributed by atoms with E-state index in [1.165, 1.54) is 11.8 Å². The van der Waals surface area contributed by atoms with E-state index in [4.69, 9.17) is 11.6 Å². The van der Waals surface area contributed by atoms with Gasteiger partial charge < -0.3 is 10.1 Å². The van der Waals surface area contributed by atoms with Crippen LogP contribution in [-0.4, -0.2) is 15.1 Å². The molecule has 84 valence electrons. The number of rotatable bonds is 3. The molecule has 0 saturated carbocycles. The molecular formula is C11H11ClN2OS.